The van der Waals surface area contributed by atoms with Crippen molar-refractivity contribution in [2.45, 2.75) is 31.0 Å². The SMILES string of the molecule is CCN(CC)S(=O)(=O)c1ccc(CNC(=O)Cc2ccc(OC)cc2)s1. The van der Waals surface area contributed by atoms with Gasteiger partial charge in [-0.1, -0.05) is 26.0 Å². The topological polar surface area (TPSA) is 75.7 Å². The first kappa shape index (κ1) is 20.4. The summed E-state index contributed by atoms with van der Waals surface area (Å²) in [6.07, 6.45) is 0.264. The Balaban J connectivity index is 1.93. The molecule has 0 aliphatic carbocycles. The lowest BCUT2D eigenvalue weighted by atomic mass is 10.1. The second-order valence-corrected chi connectivity index (χ2v) is 8.94. The van der Waals surface area contributed by atoms with Gasteiger partial charge in [-0.25, -0.2) is 8.42 Å². The highest BCUT2D eigenvalue weighted by Gasteiger charge is 2.23. The summed E-state index contributed by atoms with van der Waals surface area (Å²) in [7, 11) is -1.85. The molecule has 6 nitrogen and oxygen atoms in total. The fourth-order valence-electron chi connectivity index (χ4n) is 2.46. The predicted octanol–water partition coefficient (Wildman–Crippen LogP) is 2.65. The molecule has 1 aromatic carbocycles. The number of hydrogen-bond acceptors (Lipinski definition) is 5. The predicted molar refractivity (Wildman–Crippen MR) is 103 cm³/mol. The maximum Gasteiger partial charge on any atom is 0.252 e. The Morgan fingerprint density at radius 3 is 2.35 bits per heavy atom. The van der Waals surface area contributed by atoms with Gasteiger partial charge in [0.1, 0.15) is 9.96 Å². The van der Waals surface area contributed by atoms with E-state index in [-0.39, 0.29) is 12.3 Å². The minimum absolute atomic E-state index is 0.114. The van der Waals surface area contributed by atoms with Gasteiger partial charge in [-0.3, -0.25) is 4.79 Å². The fourth-order valence-corrected chi connectivity index (χ4v) is 5.37. The summed E-state index contributed by atoms with van der Waals surface area (Å²) in [6, 6.07) is 10.7. The molecule has 1 amide bonds. The van der Waals surface area contributed by atoms with Gasteiger partial charge in [-0.05, 0) is 29.8 Å². The van der Waals surface area contributed by atoms with Crippen LogP contribution >= 0.6 is 11.3 Å². The third-order valence-corrected chi connectivity index (χ3v) is 7.52. The van der Waals surface area contributed by atoms with Crippen LogP contribution in [0.3, 0.4) is 0 Å². The van der Waals surface area contributed by atoms with E-state index in [9.17, 15) is 13.2 Å². The number of nitrogens with one attached hydrogen (secondary N) is 1. The molecule has 1 N–H and O–H groups in total. The zero-order valence-corrected chi connectivity index (χ0v) is 16.8. The Labute approximate surface area is 158 Å². The van der Waals surface area contributed by atoms with E-state index in [0.717, 1.165) is 16.2 Å². The number of amides is 1. The average molecular weight is 397 g/mol. The number of thiophene rings is 1. The maximum atomic E-state index is 12.5. The molecule has 0 bridgehead atoms. The molecule has 0 aliphatic heterocycles. The molecule has 0 saturated heterocycles. The molecule has 0 fully saturated rings. The highest BCUT2D eigenvalue weighted by molar-refractivity contribution is 7.91. The van der Waals surface area contributed by atoms with E-state index in [1.165, 1.54) is 15.6 Å². The highest BCUT2D eigenvalue weighted by Crippen LogP contribution is 2.24. The number of benzene rings is 1. The zero-order valence-electron chi connectivity index (χ0n) is 15.2. The Hall–Kier alpha value is -1.90. The average Bonchev–Trinajstić information content (AvgIpc) is 3.11. The van der Waals surface area contributed by atoms with Gasteiger partial charge in [0.25, 0.3) is 10.0 Å². The van der Waals surface area contributed by atoms with Crippen molar-refractivity contribution >= 4 is 27.3 Å². The monoisotopic (exact) mass is 396 g/mol. The molecular formula is C18H24N2O4S2. The highest BCUT2D eigenvalue weighted by atomic mass is 32.2. The molecule has 26 heavy (non-hydrogen) atoms. The molecule has 2 rings (SSSR count). The van der Waals surface area contributed by atoms with Gasteiger partial charge < -0.3 is 10.1 Å². The van der Waals surface area contributed by atoms with Gasteiger partial charge in [-0.15, -0.1) is 11.3 Å². The fraction of sp³-hybridized carbons (Fsp3) is 0.389. The minimum atomic E-state index is -3.45. The number of carbonyl (C=O) groups excluding carboxylic acids is 1. The molecule has 0 atom stereocenters. The Morgan fingerprint density at radius 1 is 1.12 bits per heavy atom. The van der Waals surface area contributed by atoms with E-state index < -0.39 is 10.0 Å². The van der Waals surface area contributed by atoms with Gasteiger partial charge in [0.2, 0.25) is 5.91 Å². The first-order chi connectivity index (χ1) is 12.4. The van der Waals surface area contributed by atoms with Crippen LogP contribution in [0.5, 0.6) is 5.75 Å². The number of ether oxygens (including phenoxy) is 1. The molecule has 0 spiro atoms. The molecule has 1 heterocycles. The van der Waals surface area contributed by atoms with Gasteiger partial charge in [0.15, 0.2) is 0 Å². The third kappa shape index (κ3) is 5.06. The lowest BCUT2D eigenvalue weighted by Crippen LogP contribution is -2.30. The van der Waals surface area contributed by atoms with Gasteiger partial charge >= 0.3 is 0 Å². The second kappa shape index (κ2) is 9.16. The summed E-state index contributed by atoms with van der Waals surface area (Å²) in [5.41, 5.74) is 0.888. The summed E-state index contributed by atoms with van der Waals surface area (Å²) < 4.78 is 31.8. The van der Waals surface area contributed by atoms with Crippen molar-refractivity contribution in [3.63, 3.8) is 0 Å². The van der Waals surface area contributed by atoms with E-state index in [2.05, 4.69) is 5.32 Å². The van der Waals surface area contributed by atoms with Crippen LogP contribution in [0.15, 0.2) is 40.6 Å². The van der Waals surface area contributed by atoms with Crippen LogP contribution < -0.4 is 10.1 Å². The maximum absolute atomic E-state index is 12.5. The minimum Gasteiger partial charge on any atom is -0.497 e. The zero-order chi connectivity index (χ0) is 19.2. The van der Waals surface area contributed by atoms with Crippen LogP contribution in [0, 0.1) is 0 Å². The summed E-state index contributed by atoms with van der Waals surface area (Å²) >= 11 is 1.19. The normalized spacial score (nSPS) is 11.5. The van der Waals surface area contributed by atoms with E-state index in [1.54, 1.807) is 19.2 Å². The van der Waals surface area contributed by atoms with Crippen molar-refractivity contribution in [3.8, 4) is 5.75 Å². The molecule has 1 aromatic heterocycles. The van der Waals surface area contributed by atoms with Crippen LogP contribution in [0.2, 0.25) is 0 Å². The van der Waals surface area contributed by atoms with E-state index in [1.807, 2.05) is 38.1 Å². The Bertz CT molecular complexity index is 825. The molecule has 0 radical (unpaired) electrons. The molecular weight excluding hydrogens is 372 g/mol. The van der Waals surface area contributed by atoms with E-state index in [0.29, 0.717) is 23.8 Å². The molecule has 0 saturated carbocycles. The van der Waals surface area contributed by atoms with E-state index >= 15 is 0 Å². The number of carbonyl (C=O) groups is 1. The second-order valence-electron chi connectivity index (χ2n) is 5.61. The van der Waals surface area contributed by atoms with Crippen LogP contribution in [0.4, 0.5) is 0 Å². The van der Waals surface area contributed by atoms with Crippen molar-refractivity contribution in [1.82, 2.24) is 9.62 Å². The van der Waals surface area contributed by atoms with Crippen LogP contribution in [-0.2, 0) is 27.8 Å². The molecule has 2 aromatic rings. The molecule has 0 aliphatic rings. The standard InChI is InChI=1S/C18H24N2O4S2/c1-4-20(5-2)26(22,23)18-11-10-16(25-18)13-19-17(21)12-14-6-8-15(24-3)9-7-14/h6-11H,4-5,12-13H2,1-3H3,(H,19,21). The van der Waals surface area contributed by atoms with Crippen molar-refractivity contribution in [2.75, 3.05) is 20.2 Å². The number of hydrogen-bond donors (Lipinski definition) is 1. The number of rotatable bonds is 9. The molecule has 8 heteroatoms. The first-order valence-corrected chi connectivity index (χ1v) is 10.6. The summed E-state index contributed by atoms with van der Waals surface area (Å²) in [6.45, 7) is 4.81. The van der Waals surface area contributed by atoms with Crippen LogP contribution in [0.1, 0.15) is 24.3 Å². The van der Waals surface area contributed by atoms with Gasteiger partial charge in [0.05, 0.1) is 20.1 Å². The number of nitrogens with zero attached hydrogens (tertiary/aromatic N) is 1. The van der Waals surface area contributed by atoms with Crippen molar-refractivity contribution < 1.29 is 17.9 Å². The molecule has 142 valence electrons. The Morgan fingerprint density at radius 2 is 1.77 bits per heavy atom. The smallest absolute Gasteiger partial charge is 0.252 e. The molecule has 0 unspecified atom stereocenters. The van der Waals surface area contributed by atoms with Crippen molar-refractivity contribution in [2.24, 2.45) is 0 Å². The summed E-state index contributed by atoms with van der Waals surface area (Å²) in [4.78, 5) is 12.9. The van der Waals surface area contributed by atoms with Crippen LogP contribution in [0.25, 0.3) is 0 Å². The van der Waals surface area contributed by atoms with Crippen molar-refractivity contribution in [3.05, 3.63) is 46.8 Å². The first-order valence-electron chi connectivity index (χ1n) is 8.39. The third-order valence-electron chi connectivity index (χ3n) is 3.92. The number of methoxy groups -OCH3 is 1. The van der Waals surface area contributed by atoms with E-state index in [4.69, 9.17) is 4.74 Å². The number of sulfonamides is 1. The van der Waals surface area contributed by atoms with Gasteiger partial charge in [0, 0.05) is 18.0 Å². The summed E-state index contributed by atoms with van der Waals surface area (Å²) in [5.74, 6) is 0.631. The van der Waals surface area contributed by atoms with Gasteiger partial charge in [-0.2, -0.15) is 4.31 Å². The lowest BCUT2D eigenvalue weighted by Gasteiger charge is -2.16. The van der Waals surface area contributed by atoms with Crippen LogP contribution in [-0.4, -0.2) is 38.8 Å². The lowest BCUT2D eigenvalue weighted by molar-refractivity contribution is -0.120. The Kier molecular flexibility index (Phi) is 7.19. The quantitative estimate of drug-likeness (QED) is 0.707. The van der Waals surface area contributed by atoms with Crippen molar-refractivity contribution in [1.29, 1.82) is 0 Å². The largest absolute Gasteiger partial charge is 0.497 e. The summed E-state index contributed by atoms with van der Waals surface area (Å²) in [5, 5.41) is 2.83.